The molecular formula is C33H39FO3. The van der Waals surface area contributed by atoms with Crippen LogP contribution in [-0.4, -0.2) is 14.2 Å². The second-order valence-corrected chi connectivity index (χ2v) is 11.8. The van der Waals surface area contributed by atoms with E-state index < -0.39 is 0 Å². The van der Waals surface area contributed by atoms with Crippen LogP contribution in [0.15, 0.2) is 54.6 Å². The smallest absolute Gasteiger partial charge is 0.131 e. The van der Waals surface area contributed by atoms with Gasteiger partial charge in [-0.2, -0.15) is 0 Å². The maximum atomic E-state index is 15.0. The molecule has 0 saturated heterocycles. The van der Waals surface area contributed by atoms with Gasteiger partial charge in [0.15, 0.2) is 0 Å². The highest BCUT2D eigenvalue weighted by atomic mass is 19.1. The largest absolute Gasteiger partial charge is 0.497 e. The Kier molecular flexibility index (Phi) is 7.06. The van der Waals surface area contributed by atoms with Crippen LogP contribution >= 0.6 is 0 Å². The van der Waals surface area contributed by atoms with Gasteiger partial charge in [0.25, 0.3) is 0 Å². The summed E-state index contributed by atoms with van der Waals surface area (Å²) in [4.78, 5) is 0. The van der Waals surface area contributed by atoms with Crippen LogP contribution in [0.1, 0.15) is 81.2 Å². The summed E-state index contributed by atoms with van der Waals surface area (Å²) in [6.45, 7) is 6.86. The molecule has 0 radical (unpaired) electrons. The number of halogens is 1. The molecule has 37 heavy (non-hydrogen) atoms. The lowest BCUT2D eigenvalue weighted by molar-refractivity contribution is 0.0155. The third kappa shape index (κ3) is 5.01. The van der Waals surface area contributed by atoms with E-state index in [4.69, 9.17) is 14.2 Å². The minimum absolute atomic E-state index is 0.187. The zero-order valence-corrected chi connectivity index (χ0v) is 22.8. The lowest BCUT2D eigenvalue weighted by Gasteiger charge is -2.46. The second kappa shape index (κ2) is 10.1. The average molecular weight is 503 g/mol. The third-order valence-electron chi connectivity index (χ3n) is 8.35. The van der Waals surface area contributed by atoms with Gasteiger partial charge in [-0.1, -0.05) is 45.4 Å². The van der Waals surface area contributed by atoms with Crippen molar-refractivity contribution in [2.24, 2.45) is 5.41 Å². The van der Waals surface area contributed by atoms with Crippen molar-refractivity contribution in [1.29, 1.82) is 0 Å². The van der Waals surface area contributed by atoms with Crippen LogP contribution in [0.2, 0.25) is 0 Å². The third-order valence-corrected chi connectivity index (χ3v) is 8.35. The summed E-state index contributed by atoms with van der Waals surface area (Å²) in [7, 11) is 3.31. The van der Waals surface area contributed by atoms with Gasteiger partial charge in [-0.05, 0) is 107 Å². The predicted molar refractivity (Wildman–Crippen MR) is 147 cm³/mol. The molecule has 0 aromatic heterocycles. The summed E-state index contributed by atoms with van der Waals surface area (Å²) >= 11 is 0. The summed E-state index contributed by atoms with van der Waals surface area (Å²) in [5.41, 5.74) is 6.51. The molecular weight excluding hydrogens is 463 g/mol. The number of ether oxygens (including phenoxy) is 3. The lowest BCUT2D eigenvalue weighted by Crippen LogP contribution is -2.37. The molecule has 196 valence electrons. The Morgan fingerprint density at radius 2 is 1.62 bits per heavy atom. The quantitative estimate of drug-likeness (QED) is 0.324. The van der Waals surface area contributed by atoms with Crippen molar-refractivity contribution in [3.63, 3.8) is 0 Å². The first kappa shape index (κ1) is 25.8. The highest BCUT2D eigenvalue weighted by Crippen LogP contribution is 2.52. The Labute approximate surface area is 221 Å². The average Bonchev–Trinajstić information content (AvgIpc) is 2.86. The minimum atomic E-state index is -0.284. The number of hydrogen-bond acceptors (Lipinski definition) is 3. The maximum Gasteiger partial charge on any atom is 0.131 e. The number of hydrogen-bond donors (Lipinski definition) is 0. The molecule has 0 bridgehead atoms. The zero-order valence-electron chi connectivity index (χ0n) is 22.8. The van der Waals surface area contributed by atoms with Crippen LogP contribution in [0, 0.1) is 11.2 Å². The van der Waals surface area contributed by atoms with Crippen molar-refractivity contribution in [1.82, 2.24) is 0 Å². The number of rotatable bonds is 7. The molecule has 4 heteroatoms. The van der Waals surface area contributed by atoms with Gasteiger partial charge >= 0.3 is 0 Å². The fourth-order valence-corrected chi connectivity index (χ4v) is 6.35. The van der Waals surface area contributed by atoms with E-state index in [0.29, 0.717) is 23.3 Å². The molecule has 0 N–H and O–H groups in total. The second-order valence-electron chi connectivity index (χ2n) is 11.8. The fraction of sp³-hybridized carbons (Fsp3) is 0.455. The van der Waals surface area contributed by atoms with Gasteiger partial charge in [0.05, 0.1) is 13.2 Å². The molecule has 5 rings (SSSR count). The first-order valence-corrected chi connectivity index (χ1v) is 13.5. The first-order chi connectivity index (χ1) is 17.7. The van der Waals surface area contributed by atoms with Crippen molar-refractivity contribution in [3.8, 4) is 22.6 Å². The number of aryl methyl sites for hydroxylation is 1. The molecule has 2 aliphatic rings. The molecule has 0 aliphatic heterocycles. The van der Waals surface area contributed by atoms with Gasteiger partial charge < -0.3 is 14.2 Å². The van der Waals surface area contributed by atoms with E-state index in [2.05, 4.69) is 45.0 Å². The van der Waals surface area contributed by atoms with Crippen LogP contribution in [0.25, 0.3) is 11.1 Å². The van der Waals surface area contributed by atoms with E-state index in [1.165, 1.54) is 55.7 Å². The van der Waals surface area contributed by atoms with Gasteiger partial charge in [0.2, 0.25) is 0 Å². The van der Waals surface area contributed by atoms with Crippen molar-refractivity contribution in [3.05, 3.63) is 82.7 Å². The number of methoxy groups -OCH3 is 2. The molecule has 1 atom stereocenters. The topological polar surface area (TPSA) is 27.7 Å². The molecule has 1 fully saturated rings. The first-order valence-electron chi connectivity index (χ1n) is 13.5. The predicted octanol–water partition coefficient (Wildman–Crippen LogP) is 8.57. The molecule has 3 nitrogen and oxygen atoms in total. The maximum absolute atomic E-state index is 15.0. The Morgan fingerprint density at radius 1 is 0.865 bits per heavy atom. The lowest BCUT2D eigenvalue weighted by atomic mass is 9.58. The molecule has 0 unspecified atom stereocenters. The van der Waals surface area contributed by atoms with E-state index in [1.807, 2.05) is 12.1 Å². The summed E-state index contributed by atoms with van der Waals surface area (Å²) in [5.74, 6) is 1.26. The van der Waals surface area contributed by atoms with Gasteiger partial charge in [-0.3, -0.25) is 0 Å². The fourth-order valence-electron chi connectivity index (χ4n) is 6.35. The minimum Gasteiger partial charge on any atom is -0.497 e. The van der Waals surface area contributed by atoms with Gasteiger partial charge in [-0.25, -0.2) is 4.39 Å². The van der Waals surface area contributed by atoms with E-state index in [1.54, 1.807) is 26.4 Å². The number of benzene rings is 3. The van der Waals surface area contributed by atoms with Crippen LogP contribution in [0.4, 0.5) is 4.39 Å². The van der Waals surface area contributed by atoms with Crippen LogP contribution in [0.3, 0.4) is 0 Å². The molecule has 2 aliphatic carbocycles. The Hall–Kier alpha value is -2.85. The van der Waals surface area contributed by atoms with Crippen molar-refractivity contribution in [2.45, 2.75) is 77.4 Å². The van der Waals surface area contributed by atoms with E-state index >= 15 is 4.39 Å². The van der Waals surface area contributed by atoms with Gasteiger partial charge in [-0.15, -0.1) is 0 Å². The molecule has 1 saturated carbocycles. The van der Waals surface area contributed by atoms with Crippen LogP contribution in [0.5, 0.6) is 11.5 Å². The van der Waals surface area contributed by atoms with Crippen molar-refractivity contribution < 1.29 is 18.6 Å². The highest BCUT2D eigenvalue weighted by molar-refractivity contribution is 5.70. The summed E-state index contributed by atoms with van der Waals surface area (Å²) in [6, 6.07) is 17.7. The molecule has 3 aromatic rings. The van der Waals surface area contributed by atoms with Gasteiger partial charge in [0.1, 0.15) is 23.9 Å². The van der Waals surface area contributed by atoms with E-state index in [9.17, 15) is 0 Å². The monoisotopic (exact) mass is 502 g/mol. The molecule has 3 aromatic carbocycles. The summed E-state index contributed by atoms with van der Waals surface area (Å²) in [5, 5.41) is 0. The standard InChI is InChI=1S/C33H39FO3/c1-32(2,3)31(36-5)28-18-22(9-13-26(28)27-19-24(35-4)12-14-30(27)34)21-37-25-11-10-23-8-6-15-33(16-7-17-33)29(23)20-25/h9-14,18-20,31H,6-8,15-17,21H2,1-5H3/t31-/m1/s1. The molecule has 0 heterocycles. The highest BCUT2D eigenvalue weighted by Gasteiger charge is 2.41. The SMILES string of the molecule is COc1ccc(F)c(-c2ccc(COc3ccc4c(c3)C3(CCC4)CCC3)cc2[C@@H](OC)C(C)(C)C)c1. The summed E-state index contributed by atoms with van der Waals surface area (Å²) < 4.78 is 32.7. The zero-order chi connectivity index (χ0) is 26.2. The molecule has 1 spiro atoms. The van der Waals surface area contributed by atoms with E-state index in [-0.39, 0.29) is 17.3 Å². The summed E-state index contributed by atoms with van der Waals surface area (Å²) in [6.07, 6.45) is 7.50. The Balaban J connectivity index is 1.47. The van der Waals surface area contributed by atoms with Crippen LogP contribution in [-0.2, 0) is 23.2 Å². The Bertz CT molecular complexity index is 1270. The van der Waals surface area contributed by atoms with Crippen molar-refractivity contribution >= 4 is 0 Å². The van der Waals surface area contributed by atoms with Crippen LogP contribution < -0.4 is 9.47 Å². The van der Waals surface area contributed by atoms with Crippen molar-refractivity contribution in [2.75, 3.05) is 14.2 Å². The van der Waals surface area contributed by atoms with E-state index in [0.717, 1.165) is 22.4 Å². The normalized spacial score (nSPS) is 17.1. The van der Waals surface area contributed by atoms with Gasteiger partial charge in [0, 0.05) is 12.7 Å². The molecule has 0 amide bonds. The Morgan fingerprint density at radius 3 is 2.30 bits per heavy atom. The number of fused-ring (bicyclic) bond motifs is 2.